The van der Waals surface area contributed by atoms with Gasteiger partial charge in [0.1, 0.15) is 0 Å². The highest BCUT2D eigenvalue weighted by molar-refractivity contribution is 5.66. The van der Waals surface area contributed by atoms with Crippen LogP contribution < -0.4 is 0 Å². The highest BCUT2D eigenvalue weighted by Gasteiger charge is 2.16. The molecule has 0 spiro atoms. The van der Waals surface area contributed by atoms with E-state index in [0.29, 0.717) is 53.5 Å². The molecular formula is C18H27N3O3. The van der Waals surface area contributed by atoms with E-state index in [-0.39, 0.29) is 0 Å². The number of hydrogen-bond acceptors (Lipinski definition) is 6. The Morgan fingerprint density at radius 2 is 0.875 bits per heavy atom. The first-order chi connectivity index (χ1) is 11.6. The zero-order valence-corrected chi connectivity index (χ0v) is 14.7. The molecule has 0 radical (unpaired) electrons. The molecule has 6 heteroatoms. The van der Waals surface area contributed by atoms with Gasteiger partial charge in [0.05, 0.1) is 18.8 Å². The molecule has 0 aromatic carbocycles. The average Bonchev–Trinajstić information content (AvgIpc) is 2.61. The molecule has 0 saturated heterocycles. The topological polar surface area (TPSA) is 99.4 Å². The van der Waals surface area contributed by atoms with Crippen molar-refractivity contribution in [1.29, 1.82) is 0 Å². The fraction of sp³-hybridized carbons (Fsp3) is 0.500. The molecule has 1 aromatic rings. The Bertz CT molecular complexity index is 524. The van der Waals surface area contributed by atoms with Gasteiger partial charge in [-0.3, -0.25) is 0 Å². The second-order valence-electron chi connectivity index (χ2n) is 5.52. The summed E-state index contributed by atoms with van der Waals surface area (Å²) in [5, 5.41) is 28.5. The van der Waals surface area contributed by atoms with Gasteiger partial charge < -0.3 is 15.3 Å². The molecule has 0 amide bonds. The van der Waals surface area contributed by atoms with E-state index in [1.165, 1.54) is 0 Å². The van der Waals surface area contributed by atoms with Crippen LogP contribution >= 0.6 is 0 Å². The van der Waals surface area contributed by atoms with Crippen molar-refractivity contribution in [2.75, 3.05) is 0 Å². The molecule has 0 bridgehead atoms. The maximum Gasteiger partial charge on any atom is 0.163 e. The first-order valence-corrected chi connectivity index (χ1v) is 8.41. The monoisotopic (exact) mass is 333 g/mol. The van der Waals surface area contributed by atoms with E-state index < -0.39 is 0 Å². The lowest BCUT2D eigenvalue weighted by atomic mass is 10.1. The van der Waals surface area contributed by atoms with E-state index in [2.05, 4.69) is 15.0 Å². The first kappa shape index (κ1) is 19.7. The maximum absolute atomic E-state index is 9.50. The lowest BCUT2D eigenvalue weighted by Gasteiger charge is -2.11. The zero-order valence-electron chi connectivity index (χ0n) is 14.7. The Hall–Kier alpha value is -2.37. The maximum atomic E-state index is 9.50. The Morgan fingerprint density at radius 3 is 1.04 bits per heavy atom. The van der Waals surface area contributed by atoms with Crippen molar-refractivity contribution in [3.63, 3.8) is 0 Å². The van der Waals surface area contributed by atoms with Gasteiger partial charge in [-0.2, -0.15) is 0 Å². The molecule has 0 atom stereocenters. The number of rotatable bonds is 9. The third kappa shape index (κ3) is 5.08. The van der Waals surface area contributed by atoms with Gasteiger partial charge in [-0.05, 0) is 19.3 Å². The molecule has 0 unspecified atom stereocenters. The van der Waals surface area contributed by atoms with Crippen LogP contribution in [0.25, 0.3) is 16.7 Å². The molecule has 0 fully saturated rings. The molecule has 0 aliphatic rings. The number of aromatic nitrogens is 3. The van der Waals surface area contributed by atoms with Crippen LogP contribution in [0, 0.1) is 0 Å². The molecule has 6 nitrogen and oxygen atoms in total. The van der Waals surface area contributed by atoms with E-state index >= 15 is 0 Å². The summed E-state index contributed by atoms with van der Waals surface area (Å²) >= 11 is 0. The summed E-state index contributed by atoms with van der Waals surface area (Å²) in [6.45, 7) is 6.00. The normalized spacial score (nSPS) is 13.4. The van der Waals surface area contributed by atoms with Crippen molar-refractivity contribution in [2.45, 2.75) is 59.3 Å². The summed E-state index contributed by atoms with van der Waals surface area (Å²) in [4.78, 5) is 13.2. The van der Waals surface area contributed by atoms with Crippen LogP contribution in [0.5, 0.6) is 0 Å². The van der Waals surface area contributed by atoms with Crippen LogP contribution in [0.3, 0.4) is 0 Å². The summed E-state index contributed by atoms with van der Waals surface area (Å²) in [6.07, 6.45) is 7.39. The van der Waals surface area contributed by atoms with E-state index in [1.54, 1.807) is 0 Å². The molecule has 0 saturated carbocycles. The van der Waals surface area contributed by atoms with Crippen LogP contribution in [-0.4, -0.2) is 30.3 Å². The van der Waals surface area contributed by atoms with Crippen molar-refractivity contribution in [2.24, 2.45) is 0 Å². The molecule has 3 N–H and O–H groups in total. The number of aliphatic hydroxyl groups excluding tert-OH is 3. The lowest BCUT2D eigenvalue weighted by Crippen LogP contribution is -2.08. The molecule has 24 heavy (non-hydrogen) atoms. The van der Waals surface area contributed by atoms with Crippen LogP contribution in [0.15, 0.2) is 18.8 Å². The minimum atomic E-state index is 0.366. The van der Waals surface area contributed by atoms with Gasteiger partial charge in [0, 0.05) is 16.7 Å². The average molecular weight is 333 g/mol. The highest BCUT2D eigenvalue weighted by atomic mass is 16.2. The predicted octanol–water partition coefficient (Wildman–Crippen LogP) is 4.97. The zero-order chi connectivity index (χ0) is 17.9. The van der Waals surface area contributed by atoms with Crippen LogP contribution in [0.2, 0.25) is 0 Å². The largest absolute Gasteiger partial charge is 0.515 e. The molecule has 1 rings (SSSR count). The second kappa shape index (κ2) is 10.4. The van der Waals surface area contributed by atoms with E-state index in [0.717, 1.165) is 38.0 Å². The Morgan fingerprint density at radius 1 is 0.625 bits per heavy atom. The van der Waals surface area contributed by atoms with Crippen LogP contribution in [0.1, 0.15) is 76.8 Å². The van der Waals surface area contributed by atoms with Crippen LogP contribution in [-0.2, 0) is 0 Å². The summed E-state index contributed by atoms with van der Waals surface area (Å²) in [7, 11) is 0. The number of nitrogens with zero attached hydrogens (tertiary/aromatic N) is 3. The molecular weight excluding hydrogens is 306 g/mol. The second-order valence-corrected chi connectivity index (χ2v) is 5.52. The van der Waals surface area contributed by atoms with Gasteiger partial charge in [-0.25, -0.2) is 15.0 Å². The summed E-state index contributed by atoms with van der Waals surface area (Å²) < 4.78 is 0. The van der Waals surface area contributed by atoms with E-state index in [1.807, 2.05) is 20.8 Å². The summed E-state index contributed by atoms with van der Waals surface area (Å²) in [5.41, 5.74) is 1.81. The standard InChI is InChI=1S/C18H27N3O3/c1-4-7-13(10-22)16-19-17(14(11-23)8-5-2)21-18(20-16)15(12-24)9-6-3/h10-12,22-24H,4-9H2,1-3H3/b13-10-,14-11-,15-12+. The Kier molecular flexibility index (Phi) is 8.54. The van der Waals surface area contributed by atoms with Crippen molar-refractivity contribution >= 4 is 16.7 Å². The SMILES string of the molecule is CCC/C(=C/O)c1nc(/C(=C\O)CCC)nc(/C(=C/O)CCC)n1. The quantitative estimate of drug-likeness (QED) is 0.552. The van der Waals surface area contributed by atoms with Crippen molar-refractivity contribution in [3.05, 3.63) is 36.3 Å². The third-order valence-corrected chi connectivity index (χ3v) is 3.52. The van der Waals surface area contributed by atoms with Gasteiger partial charge in [-0.1, -0.05) is 40.0 Å². The number of aliphatic hydroxyl groups is 3. The van der Waals surface area contributed by atoms with Gasteiger partial charge in [0.25, 0.3) is 0 Å². The minimum Gasteiger partial charge on any atom is -0.515 e. The molecule has 0 aliphatic heterocycles. The molecule has 0 aliphatic carbocycles. The smallest absolute Gasteiger partial charge is 0.163 e. The van der Waals surface area contributed by atoms with E-state index in [9.17, 15) is 15.3 Å². The number of allylic oxidation sites excluding steroid dienone is 3. The Labute approximate surface area is 143 Å². The van der Waals surface area contributed by atoms with E-state index in [4.69, 9.17) is 0 Å². The predicted molar refractivity (Wildman–Crippen MR) is 96.4 cm³/mol. The summed E-state index contributed by atoms with van der Waals surface area (Å²) in [5.74, 6) is 1.10. The number of hydrogen-bond donors (Lipinski definition) is 3. The minimum absolute atomic E-state index is 0.366. The summed E-state index contributed by atoms with van der Waals surface area (Å²) in [6, 6.07) is 0. The van der Waals surface area contributed by atoms with Crippen LogP contribution in [0.4, 0.5) is 0 Å². The van der Waals surface area contributed by atoms with Crippen molar-refractivity contribution in [3.8, 4) is 0 Å². The first-order valence-electron chi connectivity index (χ1n) is 8.41. The van der Waals surface area contributed by atoms with Crippen molar-refractivity contribution < 1.29 is 15.3 Å². The highest BCUT2D eigenvalue weighted by Crippen LogP contribution is 2.24. The Balaban J connectivity index is 3.49. The van der Waals surface area contributed by atoms with Gasteiger partial charge in [0.15, 0.2) is 17.5 Å². The molecule has 132 valence electrons. The van der Waals surface area contributed by atoms with Gasteiger partial charge >= 0.3 is 0 Å². The van der Waals surface area contributed by atoms with Gasteiger partial charge in [0.2, 0.25) is 0 Å². The fourth-order valence-electron chi connectivity index (χ4n) is 2.32. The van der Waals surface area contributed by atoms with Crippen molar-refractivity contribution in [1.82, 2.24) is 15.0 Å². The molecule has 1 aromatic heterocycles. The lowest BCUT2D eigenvalue weighted by molar-refractivity contribution is 0.472. The fourth-order valence-corrected chi connectivity index (χ4v) is 2.32. The molecule has 1 heterocycles. The van der Waals surface area contributed by atoms with Gasteiger partial charge in [-0.15, -0.1) is 0 Å². The third-order valence-electron chi connectivity index (χ3n) is 3.52.